The van der Waals surface area contributed by atoms with Crippen LogP contribution in [0.2, 0.25) is 0 Å². The maximum atomic E-state index is 12.4. The first-order valence-corrected chi connectivity index (χ1v) is 10.1. The highest BCUT2D eigenvalue weighted by molar-refractivity contribution is 9.10. The van der Waals surface area contributed by atoms with Gasteiger partial charge in [0.1, 0.15) is 16.7 Å². The summed E-state index contributed by atoms with van der Waals surface area (Å²) in [7, 11) is 0. The van der Waals surface area contributed by atoms with Crippen LogP contribution in [0.4, 0.5) is 0 Å². The molecule has 1 amide bonds. The molecular weight excluding hydrogens is 418 g/mol. The molecule has 2 aromatic rings. The highest BCUT2D eigenvalue weighted by atomic mass is 79.9. The Morgan fingerprint density at radius 3 is 2.60 bits per heavy atom. The maximum Gasteiger partial charge on any atom is 0.241 e. The van der Waals surface area contributed by atoms with Crippen molar-refractivity contribution in [1.29, 1.82) is 0 Å². The molecule has 2 aromatic carbocycles. The molecule has 1 heterocycles. The number of rotatable bonds is 6. The van der Waals surface area contributed by atoms with Gasteiger partial charge < -0.3 is 4.74 Å². The minimum Gasteiger partial charge on any atom is -0.489 e. The summed E-state index contributed by atoms with van der Waals surface area (Å²) < 4.78 is 7.72. The van der Waals surface area contributed by atoms with Crippen LogP contribution in [-0.4, -0.2) is 26.9 Å². The van der Waals surface area contributed by atoms with Gasteiger partial charge in [0, 0.05) is 11.0 Å². The lowest BCUT2D eigenvalue weighted by Crippen LogP contribution is -2.31. The Morgan fingerprint density at radius 1 is 1.20 bits per heavy atom. The fourth-order valence-electron chi connectivity index (χ4n) is 2.67. The van der Waals surface area contributed by atoms with Crippen LogP contribution in [-0.2, 0) is 17.8 Å². The molecule has 0 saturated carbocycles. The summed E-state index contributed by atoms with van der Waals surface area (Å²) >= 11 is 10.2. The first kappa shape index (κ1) is 18.4. The molecule has 0 bridgehead atoms. The lowest BCUT2D eigenvalue weighted by atomic mass is 10.1. The SMILES string of the molecule is CCN1C(=O)[C@@H](Cc2ccccc2OCc2ccc(Br)cc2)SC1=S. The molecule has 1 fully saturated rings. The number of amides is 1. The van der Waals surface area contributed by atoms with Gasteiger partial charge in [-0.25, -0.2) is 0 Å². The molecule has 1 saturated heterocycles. The Hall–Kier alpha value is -1.37. The largest absolute Gasteiger partial charge is 0.489 e. The van der Waals surface area contributed by atoms with Gasteiger partial charge in [0.25, 0.3) is 0 Å². The number of para-hydroxylation sites is 1. The summed E-state index contributed by atoms with van der Waals surface area (Å²) in [6, 6.07) is 15.9. The molecule has 3 rings (SSSR count). The number of thiocarbonyl (C=S) groups is 1. The predicted octanol–water partition coefficient (Wildman–Crippen LogP) is 4.82. The van der Waals surface area contributed by atoms with E-state index < -0.39 is 0 Å². The van der Waals surface area contributed by atoms with Crippen molar-refractivity contribution < 1.29 is 9.53 Å². The van der Waals surface area contributed by atoms with Crippen molar-refractivity contribution in [2.24, 2.45) is 0 Å². The number of carbonyl (C=O) groups is 1. The van der Waals surface area contributed by atoms with Crippen molar-refractivity contribution in [1.82, 2.24) is 4.90 Å². The predicted molar refractivity (Wildman–Crippen MR) is 110 cm³/mol. The molecule has 1 atom stereocenters. The second-order valence-corrected chi connectivity index (χ2v) is 8.43. The summed E-state index contributed by atoms with van der Waals surface area (Å²) in [5, 5.41) is -0.162. The number of halogens is 1. The molecule has 3 nitrogen and oxygen atoms in total. The topological polar surface area (TPSA) is 29.5 Å². The van der Waals surface area contributed by atoms with E-state index in [-0.39, 0.29) is 11.2 Å². The third-order valence-electron chi connectivity index (χ3n) is 4.01. The quantitative estimate of drug-likeness (QED) is 0.608. The zero-order valence-corrected chi connectivity index (χ0v) is 17.0. The van der Waals surface area contributed by atoms with Crippen LogP contribution in [0.15, 0.2) is 53.0 Å². The van der Waals surface area contributed by atoms with Crippen LogP contribution in [0.3, 0.4) is 0 Å². The average Bonchev–Trinajstić information content (AvgIpc) is 2.88. The smallest absolute Gasteiger partial charge is 0.241 e. The molecule has 0 spiro atoms. The number of nitrogens with zero attached hydrogens (tertiary/aromatic N) is 1. The molecule has 1 aliphatic heterocycles. The highest BCUT2D eigenvalue weighted by Gasteiger charge is 2.36. The van der Waals surface area contributed by atoms with Crippen molar-refractivity contribution in [3.05, 3.63) is 64.1 Å². The van der Waals surface area contributed by atoms with E-state index in [9.17, 15) is 4.79 Å². The van der Waals surface area contributed by atoms with Crippen molar-refractivity contribution in [2.45, 2.75) is 25.2 Å². The van der Waals surface area contributed by atoms with E-state index in [1.54, 1.807) is 4.90 Å². The number of ether oxygens (including phenoxy) is 1. The van der Waals surface area contributed by atoms with E-state index in [4.69, 9.17) is 17.0 Å². The normalized spacial score (nSPS) is 17.2. The highest BCUT2D eigenvalue weighted by Crippen LogP contribution is 2.32. The third-order valence-corrected chi connectivity index (χ3v) is 6.12. The molecule has 0 N–H and O–H groups in total. The molecule has 6 heteroatoms. The monoisotopic (exact) mass is 435 g/mol. The van der Waals surface area contributed by atoms with Crippen LogP contribution in [0.1, 0.15) is 18.1 Å². The molecule has 130 valence electrons. The fourth-order valence-corrected chi connectivity index (χ4v) is 4.58. The minimum absolute atomic E-state index is 0.0974. The summed E-state index contributed by atoms with van der Waals surface area (Å²) in [6.45, 7) is 3.07. The van der Waals surface area contributed by atoms with Gasteiger partial charge in [-0.15, -0.1) is 0 Å². The molecule has 0 aromatic heterocycles. The van der Waals surface area contributed by atoms with E-state index in [1.807, 2.05) is 55.5 Å². The first-order chi connectivity index (χ1) is 12.1. The lowest BCUT2D eigenvalue weighted by Gasteiger charge is -2.14. The Kier molecular flexibility index (Phi) is 6.15. The van der Waals surface area contributed by atoms with Crippen LogP contribution in [0, 0.1) is 0 Å². The van der Waals surface area contributed by atoms with Crippen LogP contribution in [0.25, 0.3) is 0 Å². The molecule has 1 aliphatic rings. The van der Waals surface area contributed by atoms with Gasteiger partial charge in [0.2, 0.25) is 5.91 Å². The van der Waals surface area contributed by atoms with Crippen LogP contribution in [0.5, 0.6) is 5.75 Å². The molecule has 0 radical (unpaired) electrons. The Balaban J connectivity index is 1.70. The van der Waals surface area contributed by atoms with E-state index in [0.717, 1.165) is 21.3 Å². The van der Waals surface area contributed by atoms with E-state index in [2.05, 4.69) is 15.9 Å². The summed E-state index contributed by atoms with van der Waals surface area (Å²) in [5.74, 6) is 0.917. The first-order valence-electron chi connectivity index (χ1n) is 8.05. The van der Waals surface area contributed by atoms with Gasteiger partial charge in [0.15, 0.2) is 0 Å². The molecule has 0 unspecified atom stereocenters. The van der Waals surface area contributed by atoms with Crippen LogP contribution >= 0.6 is 39.9 Å². The third kappa shape index (κ3) is 4.43. The van der Waals surface area contributed by atoms with E-state index >= 15 is 0 Å². The van der Waals surface area contributed by atoms with Crippen molar-refractivity contribution in [3.8, 4) is 5.75 Å². The second kappa shape index (κ2) is 8.34. The number of hydrogen-bond donors (Lipinski definition) is 0. The van der Waals surface area contributed by atoms with E-state index in [0.29, 0.717) is 23.9 Å². The number of thioether (sulfide) groups is 1. The van der Waals surface area contributed by atoms with Gasteiger partial charge in [-0.3, -0.25) is 9.69 Å². The minimum atomic E-state index is -0.162. The fraction of sp³-hybridized carbons (Fsp3) is 0.263. The summed E-state index contributed by atoms with van der Waals surface area (Å²) in [4.78, 5) is 14.1. The van der Waals surface area contributed by atoms with Gasteiger partial charge in [0.05, 0.1) is 5.25 Å². The van der Waals surface area contributed by atoms with Crippen molar-refractivity contribution in [2.75, 3.05) is 6.54 Å². The van der Waals surface area contributed by atoms with Gasteiger partial charge in [-0.05, 0) is 42.7 Å². The van der Waals surface area contributed by atoms with E-state index in [1.165, 1.54) is 11.8 Å². The summed E-state index contributed by atoms with van der Waals surface area (Å²) in [6.07, 6.45) is 0.622. The number of carbonyl (C=O) groups excluding carboxylic acids is 1. The summed E-state index contributed by atoms with van der Waals surface area (Å²) in [5.41, 5.74) is 2.13. The Morgan fingerprint density at radius 2 is 1.92 bits per heavy atom. The Labute approximate surface area is 165 Å². The molecular formula is C19H18BrNO2S2. The number of benzene rings is 2. The zero-order valence-electron chi connectivity index (χ0n) is 13.8. The average molecular weight is 436 g/mol. The van der Waals surface area contributed by atoms with Crippen LogP contribution < -0.4 is 4.74 Å². The standard InChI is InChI=1S/C19H18BrNO2S2/c1-2-21-18(22)17(25-19(21)24)11-14-5-3-4-6-16(14)23-12-13-7-9-15(20)10-8-13/h3-10,17H,2,11-12H2,1H3/t17-/m1/s1. The number of hydrogen-bond acceptors (Lipinski definition) is 4. The zero-order chi connectivity index (χ0) is 17.8. The van der Waals surface area contributed by atoms with Gasteiger partial charge in [-0.2, -0.15) is 0 Å². The maximum absolute atomic E-state index is 12.4. The van der Waals surface area contributed by atoms with Gasteiger partial charge >= 0.3 is 0 Å². The molecule has 0 aliphatic carbocycles. The van der Waals surface area contributed by atoms with Crippen molar-refractivity contribution in [3.63, 3.8) is 0 Å². The van der Waals surface area contributed by atoms with Crippen molar-refractivity contribution >= 4 is 50.1 Å². The lowest BCUT2D eigenvalue weighted by molar-refractivity contribution is -0.125. The Bertz CT molecular complexity index is 779. The second-order valence-electron chi connectivity index (χ2n) is 5.68. The molecule has 25 heavy (non-hydrogen) atoms. The van der Waals surface area contributed by atoms with Gasteiger partial charge in [-0.1, -0.05) is 70.2 Å².